The molecule has 8 heteroatoms. The number of hydrogen-bond acceptors (Lipinski definition) is 7. The monoisotopic (exact) mass is 397 g/mol. The summed E-state index contributed by atoms with van der Waals surface area (Å²) in [6, 6.07) is 7.96. The fraction of sp³-hybridized carbons (Fsp3) is 0.476. The van der Waals surface area contributed by atoms with E-state index < -0.39 is 0 Å². The first-order valence-corrected chi connectivity index (χ1v) is 10.1. The topological polar surface area (TPSA) is 79.8 Å². The summed E-state index contributed by atoms with van der Waals surface area (Å²) in [4.78, 5) is 25.5. The van der Waals surface area contributed by atoms with Crippen LogP contribution in [0.3, 0.4) is 0 Å². The van der Waals surface area contributed by atoms with Gasteiger partial charge in [-0.15, -0.1) is 0 Å². The van der Waals surface area contributed by atoms with Crippen LogP contribution in [0.25, 0.3) is 0 Å². The number of nitrogens with zero attached hydrogens (tertiary/aromatic N) is 4. The Balaban J connectivity index is 1.31. The Hall–Kier alpha value is -2.87. The van der Waals surface area contributed by atoms with Gasteiger partial charge >= 0.3 is 0 Å². The number of para-hydroxylation sites is 2. The average Bonchev–Trinajstić information content (AvgIpc) is 3.31. The van der Waals surface area contributed by atoms with Crippen LogP contribution in [0, 0.1) is 0 Å². The number of hydrogen-bond donors (Lipinski definition) is 1. The molecule has 4 rings (SSSR count). The van der Waals surface area contributed by atoms with Gasteiger partial charge < -0.3 is 24.6 Å². The lowest BCUT2D eigenvalue weighted by molar-refractivity contribution is 0.0740. The van der Waals surface area contributed by atoms with Crippen molar-refractivity contribution in [3.05, 3.63) is 42.4 Å². The molecule has 8 nitrogen and oxygen atoms in total. The number of benzene rings is 1. The summed E-state index contributed by atoms with van der Waals surface area (Å²) in [6.07, 6.45) is 5.57. The fourth-order valence-electron chi connectivity index (χ4n) is 3.76. The second-order valence-corrected chi connectivity index (χ2v) is 7.25. The summed E-state index contributed by atoms with van der Waals surface area (Å²) in [6.45, 7) is 4.32. The summed E-state index contributed by atoms with van der Waals surface area (Å²) < 4.78 is 11.0. The van der Waals surface area contributed by atoms with Crippen molar-refractivity contribution >= 4 is 17.4 Å². The van der Waals surface area contributed by atoms with Crippen molar-refractivity contribution in [1.29, 1.82) is 0 Å². The Morgan fingerprint density at radius 3 is 2.72 bits per heavy atom. The highest BCUT2D eigenvalue weighted by Gasteiger charge is 2.24. The van der Waals surface area contributed by atoms with Gasteiger partial charge in [-0.05, 0) is 25.0 Å². The first kappa shape index (κ1) is 19.4. The number of anilines is 2. The van der Waals surface area contributed by atoms with Gasteiger partial charge in [0, 0.05) is 39.3 Å². The molecule has 154 valence electrons. The van der Waals surface area contributed by atoms with E-state index in [1.165, 1.54) is 0 Å². The van der Waals surface area contributed by atoms with E-state index in [0.29, 0.717) is 31.1 Å². The zero-order valence-electron chi connectivity index (χ0n) is 16.7. The fourth-order valence-corrected chi connectivity index (χ4v) is 3.76. The smallest absolute Gasteiger partial charge is 0.274 e. The molecule has 1 aromatic heterocycles. The van der Waals surface area contributed by atoms with Crippen LogP contribution in [0.1, 0.15) is 23.3 Å². The third kappa shape index (κ3) is 4.59. The third-order valence-electron chi connectivity index (χ3n) is 5.40. The van der Waals surface area contributed by atoms with E-state index in [0.717, 1.165) is 44.0 Å². The van der Waals surface area contributed by atoms with Crippen LogP contribution >= 0.6 is 0 Å². The van der Waals surface area contributed by atoms with Crippen molar-refractivity contribution in [2.75, 3.05) is 56.7 Å². The van der Waals surface area contributed by atoms with Crippen LogP contribution in [0.4, 0.5) is 11.5 Å². The molecule has 1 N–H and O–H groups in total. The van der Waals surface area contributed by atoms with Crippen molar-refractivity contribution in [1.82, 2.24) is 14.9 Å². The van der Waals surface area contributed by atoms with E-state index in [1.807, 2.05) is 29.2 Å². The molecule has 2 aliphatic heterocycles. The molecule has 2 aliphatic rings. The summed E-state index contributed by atoms with van der Waals surface area (Å²) in [5.74, 6) is 1.44. The van der Waals surface area contributed by atoms with Gasteiger partial charge in [-0.25, -0.2) is 9.97 Å². The van der Waals surface area contributed by atoms with E-state index in [2.05, 4.69) is 20.2 Å². The predicted octanol–water partition coefficient (Wildman–Crippen LogP) is 2.04. The Morgan fingerprint density at radius 2 is 2.03 bits per heavy atom. The summed E-state index contributed by atoms with van der Waals surface area (Å²) in [7, 11) is 1.68. The number of carbonyl (C=O) groups is 1. The zero-order chi connectivity index (χ0) is 20.1. The molecule has 1 unspecified atom stereocenters. The van der Waals surface area contributed by atoms with Gasteiger partial charge in [0.05, 0.1) is 31.3 Å². The molecule has 0 saturated carbocycles. The zero-order valence-corrected chi connectivity index (χ0v) is 16.7. The Bertz CT molecular complexity index is 815. The second kappa shape index (κ2) is 9.09. The number of ether oxygens (including phenoxy) is 2. The van der Waals surface area contributed by atoms with Crippen molar-refractivity contribution in [2.24, 2.45) is 0 Å². The Kier molecular flexibility index (Phi) is 6.09. The first-order valence-electron chi connectivity index (χ1n) is 10.1. The maximum absolute atomic E-state index is 12.8. The molecule has 2 fully saturated rings. The molecule has 0 radical (unpaired) electrons. The number of rotatable bonds is 6. The predicted molar refractivity (Wildman–Crippen MR) is 111 cm³/mol. The second-order valence-electron chi connectivity index (χ2n) is 7.25. The van der Waals surface area contributed by atoms with Gasteiger partial charge in [0.15, 0.2) is 0 Å². The standard InChI is InChI=1S/C21H27N5O3/c1-28-19-7-3-2-6-18(19)25-8-10-26(11-9-25)21(27)17-14-24-20(15-22-17)23-13-16-5-4-12-29-16/h2-3,6-7,14-16H,4-5,8-13H2,1H3,(H,23,24). The first-order chi connectivity index (χ1) is 14.2. The molecule has 1 aromatic carbocycles. The normalized spacial score (nSPS) is 19.3. The maximum atomic E-state index is 12.8. The van der Waals surface area contributed by atoms with Gasteiger partial charge in [0.1, 0.15) is 17.3 Å². The molecule has 2 saturated heterocycles. The van der Waals surface area contributed by atoms with E-state index in [1.54, 1.807) is 19.5 Å². The van der Waals surface area contributed by atoms with E-state index in [9.17, 15) is 4.79 Å². The summed E-state index contributed by atoms with van der Waals surface area (Å²) >= 11 is 0. The molecule has 0 aliphatic carbocycles. The number of aromatic nitrogens is 2. The maximum Gasteiger partial charge on any atom is 0.274 e. The highest BCUT2D eigenvalue weighted by Crippen LogP contribution is 2.28. The highest BCUT2D eigenvalue weighted by molar-refractivity contribution is 5.92. The summed E-state index contributed by atoms with van der Waals surface area (Å²) in [5, 5.41) is 3.23. The lowest BCUT2D eigenvalue weighted by atomic mass is 10.2. The number of piperazine rings is 1. The molecular weight excluding hydrogens is 370 g/mol. The van der Waals surface area contributed by atoms with Crippen molar-refractivity contribution in [2.45, 2.75) is 18.9 Å². The number of nitrogens with one attached hydrogen (secondary N) is 1. The number of carbonyl (C=O) groups excluding carboxylic acids is 1. The minimum Gasteiger partial charge on any atom is -0.495 e. The highest BCUT2D eigenvalue weighted by atomic mass is 16.5. The van der Waals surface area contributed by atoms with Gasteiger partial charge in [-0.3, -0.25) is 4.79 Å². The van der Waals surface area contributed by atoms with Crippen LogP contribution in [0.2, 0.25) is 0 Å². The Morgan fingerprint density at radius 1 is 1.21 bits per heavy atom. The molecule has 2 aromatic rings. The molecule has 3 heterocycles. The molecule has 29 heavy (non-hydrogen) atoms. The van der Waals surface area contributed by atoms with Crippen LogP contribution < -0.4 is 15.0 Å². The molecule has 1 amide bonds. The van der Waals surface area contributed by atoms with Crippen LogP contribution in [0.5, 0.6) is 5.75 Å². The molecule has 0 spiro atoms. The minimum atomic E-state index is -0.0807. The van der Waals surface area contributed by atoms with E-state index in [-0.39, 0.29) is 12.0 Å². The Labute approximate surface area is 170 Å². The van der Waals surface area contributed by atoms with E-state index >= 15 is 0 Å². The van der Waals surface area contributed by atoms with Gasteiger partial charge in [-0.2, -0.15) is 0 Å². The van der Waals surface area contributed by atoms with Crippen molar-refractivity contribution < 1.29 is 14.3 Å². The molecular formula is C21H27N5O3. The van der Waals surface area contributed by atoms with Crippen LogP contribution in [-0.2, 0) is 4.74 Å². The van der Waals surface area contributed by atoms with Gasteiger partial charge in [0.2, 0.25) is 0 Å². The quantitative estimate of drug-likeness (QED) is 0.799. The van der Waals surface area contributed by atoms with E-state index in [4.69, 9.17) is 9.47 Å². The van der Waals surface area contributed by atoms with Crippen molar-refractivity contribution in [3.8, 4) is 5.75 Å². The van der Waals surface area contributed by atoms with Gasteiger partial charge in [0.25, 0.3) is 5.91 Å². The largest absolute Gasteiger partial charge is 0.495 e. The minimum absolute atomic E-state index is 0.0807. The lowest BCUT2D eigenvalue weighted by Crippen LogP contribution is -2.49. The lowest BCUT2D eigenvalue weighted by Gasteiger charge is -2.36. The SMILES string of the molecule is COc1ccccc1N1CCN(C(=O)c2cnc(NCC3CCCO3)cn2)CC1. The third-order valence-corrected chi connectivity index (χ3v) is 5.40. The van der Waals surface area contributed by atoms with Crippen LogP contribution in [-0.4, -0.2) is 73.3 Å². The molecule has 0 bridgehead atoms. The number of amides is 1. The van der Waals surface area contributed by atoms with Crippen LogP contribution in [0.15, 0.2) is 36.7 Å². The summed E-state index contributed by atoms with van der Waals surface area (Å²) in [5.41, 5.74) is 1.43. The molecule has 1 atom stereocenters. The van der Waals surface area contributed by atoms with Crippen molar-refractivity contribution in [3.63, 3.8) is 0 Å². The average molecular weight is 397 g/mol. The van der Waals surface area contributed by atoms with Gasteiger partial charge in [-0.1, -0.05) is 12.1 Å². The number of methoxy groups -OCH3 is 1.